The Labute approximate surface area is 152 Å². The van der Waals surface area contributed by atoms with Gasteiger partial charge in [0.2, 0.25) is 5.82 Å². The molecule has 0 spiro atoms. The van der Waals surface area contributed by atoms with Crippen LogP contribution in [-0.2, 0) is 11.3 Å². The number of nitro benzene ring substituents is 1. The molecular formula is C17H12ClN3O5. The average Bonchev–Trinajstić information content (AvgIpc) is 3.08. The fraction of sp³-hybridized carbons (Fsp3) is 0.118. The van der Waals surface area contributed by atoms with Crippen molar-refractivity contribution >= 4 is 23.3 Å². The van der Waals surface area contributed by atoms with Crippen LogP contribution in [0, 0.1) is 17.0 Å². The SMILES string of the molecule is Cc1ccccc1-c1noc(COC(=O)c2cc(Cl)ccc2[N+](=O)[O-])n1. The number of esters is 1. The monoisotopic (exact) mass is 373 g/mol. The molecule has 0 fully saturated rings. The Bertz CT molecular complexity index is 986. The minimum absolute atomic E-state index is 0.0706. The Morgan fingerprint density at radius 2 is 2.08 bits per heavy atom. The summed E-state index contributed by atoms with van der Waals surface area (Å²) in [6, 6.07) is 11.1. The van der Waals surface area contributed by atoms with E-state index in [4.69, 9.17) is 20.9 Å². The van der Waals surface area contributed by atoms with Gasteiger partial charge in [-0.15, -0.1) is 0 Å². The highest BCUT2D eigenvalue weighted by Crippen LogP contribution is 2.24. The number of nitrogens with zero attached hydrogens (tertiary/aromatic N) is 3. The van der Waals surface area contributed by atoms with Gasteiger partial charge in [-0.05, 0) is 24.6 Å². The first-order valence-electron chi connectivity index (χ1n) is 7.45. The zero-order valence-electron chi connectivity index (χ0n) is 13.5. The van der Waals surface area contributed by atoms with Gasteiger partial charge in [-0.2, -0.15) is 4.98 Å². The molecule has 26 heavy (non-hydrogen) atoms. The number of hydrogen-bond acceptors (Lipinski definition) is 7. The number of ether oxygens (including phenoxy) is 1. The highest BCUT2D eigenvalue weighted by molar-refractivity contribution is 6.31. The lowest BCUT2D eigenvalue weighted by Crippen LogP contribution is -2.08. The minimum Gasteiger partial charge on any atom is -0.452 e. The number of halogens is 1. The molecule has 9 heteroatoms. The largest absolute Gasteiger partial charge is 0.452 e. The second kappa shape index (κ2) is 7.32. The van der Waals surface area contributed by atoms with Crippen LogP contribution in [0.5, 0.6) is 0 Å². The van der Waals surface area contributed by atoms with Gasteiger partial charge >= 0.3 is 5.97 Å². The fourth-order valence-electron chi connectivity index (χ4n) is 2.28. The lowest BCUT2D eigenvalue weighted by molar-refractivity contribution is -0.385. The first-order valence-corrected chi connectivity index (χ1v) is 7.83. The van der Waals surface area contributed by atoms with Crippen molar-refractivity contribution < 1.29 is 19.0 Å². The molecule has 8 nitrogen and oxygen atoms in total. The third kappa shape index (κ3) is 3.70. The Kier molecular flexibility index (Phi) is 4.94. The van der Waals surface area contributed by atoms with Crippen LogP contribution in [0.3, 0.4) is 0 Å². The highest BCUT2D eigenvalue weighted by Gasteiger charge is 2.22. The molecule has 132 valence electrons. The molecule has 0 saturated heterocycles. The van der Waals surface area contributed by atoms with E-state index in [2.05, 4.69) is 10.1 Å². The molecule has 2 aromatic carbocycles. The van der Waals surface area contributed by atoms with E-state index in [0.29, 0.717) is 5.82 Å². The molecule has 0 aliphatic rings. The van der Waals surface area contributed by atoms with Crippen LogP contribution >= 0.6 is 11.6 Å². The molecule has 0 amide bonds. The topological polar surface area (TPSA) is 108 Å². The standard InChI is InChI=1S/C17H12ClN3O5/c1-10-4-2-3-5-12(10)16-19-15(26-20-16)9-25-17(22)13-8-11(18)6-7-14(13)21(23)24/h2-8H,9H2,1H3. The number of aryl methyl sites for hydroxylation is 1. The van der Waals surface area contributed by atoms with Crippen molar-refractivity contribution in [1.82, 2.24) is 10.1 Å². The van der Waals surface area contributed by atoms with E-state index in [1.807, 2.05) is 31.2 Å². The predicted octanol–water partition coefficient (Wildman–Crippen LogP) is 3.96. The van der Waals surface area contributed by atoms with E-state index < -0.39 is 16.6 Å². The molecule has 0 aliphatic carbocycles. The van der Waals surface area contributed by atoms with E-state index in [1.165, 1.54) is 12.1 Å². The summed E-state index contributed by atoms with van der Waals surface area (Å²) >= 11 is 5.80. The third-order valence-electron chi connectivity index (χ3n) is 3.56. The minimum atomic E-state index is -0.908. The lowest BCUT2D eigenvalue weighted by Gasteiger charge is -2.03. The Morgan fingerprint density at radius 3 is 2.81 bits per heavy atom. The second-order valence-electron chi connectivity index (χ2n) is 5.32. The van der Waals surface area contributed by atoms with Gasteiger partial charge < -0.3 is 9.26 Å². The van der Waals surface area contributed by atoms with Crippen LogP contribution in [0.4, 0.5) is 5.69 Å². The number of nitro groups is 1. The van der Waals surface area contributed by atoms with Crippen molar-refractivity contribution in [3.8, 4) is 11.4 Å². The molecule has 0 saturated carbocycles. The highest BCUT2D eigenvalue weighted by atomic mass is 35.5. The van der Waals surface area contributed by atoms with Crippen LogP contribution in [0.25, 0.3) is 11.4 Å². The molecule has 0 radical (unpaired) electrons. The maximum absolute atomic E-state index is 12.2. The molecule has 1 aromatic heterocycles. The van der Waals surface area contributed by atoms with Crippen molar-refractivity contribution in [3.05, 3.63) is 74.6 Å². The van der Waals surface area contributed by atoms with Crippen molar-refractivity contribution in [1.29, 1.82) is 0 Å². The molecule has 1 heterocycles. The van der Waals surface area contributed by atoms with Crippen LogP contribution in [0.15, 0.2) is 47.0 Å². The van der Waals surface area contributed by atoms with Gasteiger partial charge in [-0.25, -0.2) is 4.79 Å². The maximum atomic E-state index is 12.2. The summed E-state index contributed by atoms with van der Waals surface area (Å²) in [4.78, 5) is 26.7. The number of aromatic nitrogens is 2. The van der Waals surface area contributed by atoms with Crippen LogP contribution in [0.2, 0.25) is 5.02 Å². The van der Waals surface area contributed by atoms with Gasteiger partial charge in [-0.1, -0.05) is 41.0 Å². The predicted molar refractivity (Wildman–Crippen MR) is 91.7 cm³/mol. The number of carbonyl (C=O) groups excluding carboxylic acids is 1. The first kappa shape index (κ1) is 17.6. The van der Waals surface area contributed by atoms with Crippen molar-refractivity contribution in [2.45, 2.75) is 13.5 Å². The Balaban J connectivity index is 1.74. The van der Waals surface area contributed by atoms with E-state index in [0.717, 1.165) is 17.2 Å². The van der Waals surface area contributed by atoms with Gasteiger partial charge in [0.05, 0.1) is 4.92 Å². The molecule has 0 N–H and O–H groups in total. The van der Waals surface area contributed by atoms with Crippen LogP contribution in [-0.4, -0.2) is 21.0 Å². The summed E-state index contributed by atoms with van der Waals surface area (Å²) in [5, 5.41) is 15.1. The smallest absolute Gasteiger partial charge is 0.345 e. The molecule has 0 unspecified atom stereocenters. The van der Waals surface area contributed by atoms with Gasteiger partial charge in [0, 0.05) is 16.7 Å². The Hall–Kier alpha value is -3.26. The Morgan fingerprint density at radius 1 is 1.31 bits per heavy atom. The fourth-order valence-corrected chi connectivity index (χ4v) is 2.45. The maximum Gasteiger partial charge on any atom is 0.345 e. The van der Waals surface area contributed by atoms with Gasteiger partial charge in [-0.3, -0.25) is 10.1 Å². The van der Waals surface area contributed by atoms with E-state index in [-0.39, 0.29) is 23.1 Å². The molecule has 0 aliphatic heterocycles. The van der Waals surface area contributed by atoms with Crippen molar-refractivity contribution in [2.75, 3.05) is 0 Å². The van der Waals surface area contributed by atoms with E-state index in [9.17, 15) is 14.9 Å². The number of hydrogen-bond donors (Lipinski definition) is 0. The number of benzene rings is 2. The van der Waals surface area contributed by atoms with Crippen LogP contribution in [0.1, 0.15) is 21.8 Å². The summed E-state index contributed by atoms with van der Waals surface area (Å²) in [5.41, 5.74) is 1.11. The summed E-state index contributed by atoms with van der Waals surface area (Å²) in [5.74, 6) is -0.473. The summed E-state index contributed by atoms with van der Waals surface area (Å²) in [7, 11) is 0. The molecule has 3 aromatic rings. The lowest BCUT2D eigenvalue weighted by atomic mass is 10.1. The zero-order chi connectivity index (χ0) is 18.7. The second-order valence-corrected chi connectivity index (χ2v) is 5.76. The molecule has 3 rings (SSSR count). The van der Waals surface area contributed by atoms with Gasteiger partial charge in [0.1, 0.15) is 5.56 Å². The zero-order valence-corrected chi connectivity index (χ0v) is 14.3. The quantitative estimate of drug-likeness (QED) is 0.378. The van der Waals surface area contributed by atoms with Crippen molar-refractivity contribution in [3.63, 3.8) is 0 Å². The number of carbonyl (C=O) groups is 1. The molecular weight excluding hydrogens is 362 g/mol. The molecule has 0 atom stereocenters. The summed E-state index contributed by atoms with van der Waals surface area (Å²) in [6.07, 6.45) is 0. The van der Waals surface area contributed by atoms with E-state index >= 15 is 0 Å². The van der Waals surface area contributed by atoms with Gasteiger partial charge in [0.15, 0.2) is 6.61 Å². The normalized spacial score (nSPS) is 10.5. The van der Waals surface area contributed by atoms with Crippen LogP contribution < -0.4 is 0 Å². The summed E-state index contributed by atoms with van der Waals surface area (Å²) < 4.78 is 10.1. The first-order chi connectivity index (χ1) is 12.5. The number of rotatable bonds is 5. The van der Waals surface area contributed by atoms with Crippen molar-refractivity contribution in [2.24, 2.45) is 0 Å². The third-order valence-corrected chi connectivity index (χ3v) is 3.79. The van der Waals surface area contributed by atoms with Gasteiger partial charge in [0.25, 0.3) is 11.6 Å². The average molecular weight is 374 g/mol. The molecule has 0 bridgehead atoms. The summed E-state index contributed by atoms with van der Waals surface area (Å²) in [6.45, 7) is 1.59. The van der Waals surface area contributed by atoms with E-state index in [1.54, 1.807) is 0 Å².